The molecule has 0 saturated carbocycles. The van der Waals surface area contributed by atoms with Gasteiger partial charge < -0.3 is 14.3 Å². The van der Waals surface area contributed by atoms with E-state index in [-0.39, 0.29) is 41.0 Å². The van der Waals surface area contributed by atoms with Gasteiger partial charge in [0, 0.05) is 11.6 Å². The Morgan fingerprint density at radius 3 is 2.63 bits per heavy atom. The number of carbonyl (C=O) groups is 2. The second kappa shape index (κ2) is 9.51. The maximum atomic E-state index is 12.9. The Kier molecular flexibility index (Phi) is 7.23. The van der Waals surface area contributed by atoms with E-state index in [0.717, 1.165) is 17.3 Å². The van der Waals surface area contributed by atoms with Crippen LogP contribution >= 0.6 is 35.6 Å². The van der Waals surface area contributed by atoms with E-state index in [1.807, 2.05) is 18.2 Å². The van der Waals surface area contributed by atoms with Gasteiger partial charge in [0.1, 0.15) is 11.5 Å². The van der Waals surface area contributed by atoms with Crippen LogP contribution in [0.4, 0.5) is 5.69 Å². The zero-order chi connectivity index (χ0) is 20.5. The fraction of sp³-hybridized carbons (Fsp3) is 0. The molecule has 0 spiro atoms. The number of halogens is 1. The fourth-order valence-corrected chi connectivity index (χ4v) is 4.34. The summed E-state index contributed by atoms with van der Waals surface area (Å²) in [4.78, 5) is 25.6. The Balaban J connectivity index is 0.00000256. The van der Waals surface area contributed by atoms with E-state index in [4.69, 9.17) is 28.2 Å². The van der Waals surface area contributed by atoms with Crippen molar-refractivity contribution in [2.24, 2.45) is 0 Å². The number of anilines is 1. The first-order valence-electron chi connectivity index (χ1n) is 8.38. The molecule has 1 fully saturated rings. The molecule has 5 nitrogen and oxygen atoms in total. The van der Waals surface area contributed by atoms with Crippen LogP contribution in [0.1, 0.15) is 16.1 Å². The average molecular weight is 464 g/mol. The van der Waals surface area contributed by atoms with Crippen molar-refractivity contribution in [2.45, 2.75) is 0 Å². The number of aromatic carboxylic acids is 1. The molecule has 1 amide bonds. The molecule has 0 unspecified atom stereocenters. The van der Waals surface area contributed by atoms with E-state index in [1.165, 1.54) is 23.1 Å². The van der Waals surface area contributed by atoms with E-state index >= 15 is 0 Å². The molecule has 0 atom stereocenters. The smallest absolute Gasteiger partial charge is 0.545 e. The van der Waals surface area contributed by atoms with Crippen LogP contribution in [0.25, 0.3) is 17.4 Å². The molecule has 1 aliphatic rings. The van der Waals surface area contributed by atoms with Gasteiger partial charge in [0.05, 0.1) is 21.6 Å². The van der Waals surface area contributed by atoms with Gasteiger partial charge >= 0.3 is 29.6 Å². The Morgan fingerprint density at radius 1 is 1.13 bits per heavy atom. The summed E-state index contributed by atoms with van der Waals surface area (Å²) in [6, 6.07) is 16.7. The molecule has 1 aromatic heterocycles. The summed E-state index contributed by atoms with van der Waals surface area (Å²) in [7, 11) is 0. The topological polar surface area (TPSA) is 73.6 Å². The van der Waals surface area contributed by atoms with Crippen molar-refractivity contribution in [1.82, 2.24) is 0 Å². The van der Waals surface area contributed by atoms with Crippen molar-refractivity contribution < 1.29 is 48.7 Å². The van der Waals surface area contributed by atoms with Crippen LogP contribution in [0.15, 0.2) is 70.0 Å². The predicted molar refractivity (Wildman–Crippen MR) is 116 cm³/mol. The monoisotopic (exact) mass is 463 g/mol. The van der Waals surface area contributed by atoms with Gasteiger partial charge in [0.15, 0.2) is 4.32 Å². The van der Waals surface area contributed by atoms with Gasteiger partial charge in [0.2, 0.25) is 0 Å². The molecular weight excluding hydrogens is 453 g/mol. The first-order chi connectivity index (χ1) is 13.9. The molecule has 1 saturated heterocycles. The molecule has 2 heterocycles. The number of hydrogen-bond acceptors (Lipinski definition) is 6. The molecule has 2 aromatic carbocycles. The van der Waals surface area contributed by atoms with E-state index in [9.17, 15) is 14.7 Å². The van der Waals surface area contributed by atoms with Crippen molar-refractivity contribution in [2.75, 3.05) is 4.90 Å². The van der Waals surface area contributed by atoms with Crippen LogP contribution < -0.4 is 39.6 Å². The van der Waals surface area contributed by atoms with Gasteiger partial charge in [-0.15, -0.1) is 0 Å². The van der Waals surface area contributed by atoms with Crippen molar-refractivity contribution in [3.63, 3.8) is 0 Å². The third-order valence-electron chi connectivity index (χ3n) is 4.17. The number of nitrogens with zero attached hydrogens (tertiary/aromatic N) is 1. The number of thiocarbonyl (C=S) groups is 1. The maximum Gasteiger partial charge on any atom is 1.00 e. The maximum absolute atomic E-state index is 12.9. The van der Waals surface area contributed by atoms with Crippen LogP contribution in [-0.4, -0.2) is 16.2 Å². The average Bonchev–Trinajstić information content (AvgIpc) is 3.27. The number of rotatable bonds is 4. The quantitative estimate of drug-likeness (QED) is 0.330. The fourth-order valence-electron chi connectivity index (χ4n) is 2.83. The Hall–Kier alpha value is -1.87. The molecule has 144 valence electrons. The third kappa shape index (κ3) is 4.56. The van der Waals surface area contributed by atoms with E-state index in [1.54, 1.807) is 30.3 Å². The van der Waals surface area contributed by atoms with E-state index in [0.29, 0.717) is 31.5 Å². The number of carbonyl (C=O) groups excluding carboxylic acids is 2. The molecule has 9 heteroatoms. The number of benzene rings is 2. The summed E-state index contributed by atoms with van der Waals surface area (Å²) in [5, 5.41) is 11.7. The Bertz CT molecular complexity index is 1190. The van der Waals surface area contributed by atoms with Gasteiger partial charge in [-0.2, -0.15) is 0 Å². The molecule has 0 aliphatic carbocycles. The second-order valence-corrected chi connectivity index (χ2v) is 8.12. The zero-order valence-corrected chi connectivity index (χ0v) is 20.0. The van der Waals surface area contributed by atoms with Gasteiger partial charge in [-0.05, 0) is 42.0 Å². The molecule has 0 bridgehead atoms. The van der Waals surface area contributed by atoms with Crippen LogP contribution in [0.2, 0.25) is 5.02 Å². The van der Waals surface area contributed by atoms with Gasteiger partial charge in [0.25, 0.3) is 5.91 Å². The largest absolute Gasteiger partial charge is 1.00 e. The first-order valence-corrected chi connectivity index (χ1v) is 9.98. The predicted octanol–water partition coefficient (Wildman–Crippen LogP) is 1.37. The van der Waals surface area contributed by atoms with Gasteiger partial charge in [-0.1, -0.05) is 59.8 Å². The van der Waals surface area contributed by atoms with Gasteiger partial charge in [-0.25, -0.2) is 0 Å². The number of hydrogen-bond donors (Lipinski definition) is 0. The van der Waals surface area contributed by atoms with Crippen LogP contribution in [-0.2, 0) is 4.79 Å². The van der Waals surface area contributed by atoms with E-state index in [2.05, 4.69) is 0 Å². The first kappa shape index (κ1) is 22.8. The standard InChI is InChI=1S/C21H12ClNO4S2.Na/c22-16-7-2-1-6-15(16)17-9-8-14(27-17)11-18-19(24)23(21(28)29-18)13-5-3-4-12(10-13)20(25)26;/h1-11H,(H,25,26);/q;+1/p-1/b18-11+;. The molecule has 3 aromatic rings. The number of thioether (sulfide) groups is 1. The minimum Gasteiger partial charge on any atom is -0.545 e. The minimum absolute atomic E-state index is 0. The number of carboxylic acids is 1. The zero-order valence-electron chi connectivity index (χ0n) is 15.6. The summed E-state index contributed by atoms with van der Waals surface area (Å²) >= 11 is 12.6. The minimum atomic E-state index is -1.32. The molecular formula is C21H11ClNNaO4S2. The number of furan rings is 1. The molecule has 0 radical (unpaired) electrons. The summed E-state index contributed by atoms with van der Waals surface area (Å²) in [6.07, 6.45) is 1.60. The summed E-state index contributed by atoms with van der Waals surface area (Å²) in [6.45, 7) is 0. The number of amides is 1. The van der Waals surface area contributed by atoms with Crippen molar-refractivity contribution in [3.8, 4) is 11.3 Å². The summed E-state index contributed by atoms with van der Waals surface area (Å²) in [5.41, 5.74) is 1.09. The van der Waals surface area contributed by atoms with Crippen LogP contribution in [0.3, 0.4) is 0 Å². The Labute approximate surface area is 209 Å². The summed E-state index contributed by atoms with van der Waals surface area (Å²) in [5.74, 6) is -0.621. The van der Waals surface area contributed by atoms with Gasteiger partial charge in [-0.3, -0.25) is 9.69 Å². The molecule has 1 aliphatic heterocycles. The van der Waals surface area contributed by atoms with E-state index < -0.39 is 5.97 Å². The van der Waals surface area contributed by atoms with Crippen molar-refractivity contribution in [3.05, 3.63) is 81.9 Å². The van der Waals surface area contributed by atoms with Crippen molar-refractivity contribution >= 4 is 63.5 Å². The molecule has 4 rings (SSSR count). The number of carboxylic acid groups (broad SMARTS) is 1. The Morgan fingerprint density at radius 2 is 1.90 bits per heavy atom. The summed E-state index contributed by atoms with van der Waals surface area (Å²) < 4.78 is 6.11. The molecule has 30 heavy (non-hydrogen) atoms. The SMILES string of the molecule is O=C([O-])c1cccc(N2C(=O)/C(=C\c3ccc(-c4ccccc4Cl)o3)SC2=S)c1.[Na+]. The normalized spacial score (nSPS) is 14.8. The molecule has 0 N–H and O–H groups in total. The second-order valence-electron chi connectivity index (χ2n) is 6.04. The van der Waals surface area contributed by atoms with Crippen LogP contribution in [0, 0.1) is 0 Å². The van der Waals surface area contributed by atoms with Crippen molar-refractivity contribution in [1.29, 1.82) is 0 Å². The van der Waals surface area contributed by atoms with Crippen LogP contribution in [0.5, 0.6) is 0 Å². The third-order valence-corrected chi connectivity index (χ3v) is 5.80.